The summed E-state index contributed by atoms with van der Waals surface area (Å²) in [7, 11) is -4.61. The minimum absolute atomic E-state index is 0.0221. The average molecular weight is 804 g/mol. The van der Waals surface area contributed by atoms with Crippen molar-refractivity contribution in [2.45, 2.75) is 231 Å². The second-order valence-electron chi connectivity index (χ2n) is 15.5. The molecule has 4 N–H and O–H groups in total. The molecule has 0 bridgehead atoms. The Kier molecular flexibility index (Phi) is 39.9. The Morgan fingerprint density at radius 1 is 0.564 bits per heavy atom. The van der Waals surface area contributed by atoms with Gasteiger partial charge in [0.15, 0.2) is 0 Å². The van der Waals surface area contributed by atoms with Gasteiger partial charge in [-0.1, -0.05) is 187 Å². The summed E-state index contributed by atoms with van der Waals surface area (Å²) < 4.78 is 33.4. The number of allylic oxidation sites excluding steroid dienone is 2. The predicted octanol–water partition coefficient (Wildman–Crippen LogP) is 12.5. The second-order valence-corrected chi connectivity index (χ2v) is 17.0. The van der Waals surface area contributed by atoms with E-state index in [2.05, 4.69) is 26.0 Å². The van der Waals surface area contributed by atoms with Crippen LogP contribution in [0.4, 0.5) is 0 Å². The highest BCUT2D eigenvalue weighted by molar-refractivity contribution is 7.47. The molecule has 3 atom stereocenters. The first-order valence-corrected chi connectivity index (χ1v) is 24.2. The second kappa shape index (κ2) is 40.9. The Morgan fingerprint density at radius 3 is 1.38 bits per heavy atom. The van der Waals surface area contributed by atoms with E-state index in [1.54, 1.807) is 0 Å². The van der Waals surface area contributed by atoms with Crippen LogP contribution in [-0.2, 0) is 32.7 Å². The van der Waals surface area contributed by atoms with Crippen molar-refractivity contribution in [3.63, 3.8) is 0 Å². The molecule has 10 nitrogen and oxygen atoms in total. The maximum atomic E-state index is 12.6. The van der Waals surface area contributed by atoms with Gasteiger partial charge in [-0.15, -0.1) is 0 Å². The standard InChI is InChI=1S/C44H86NO9P/c1-3-5-7-9-11-13-15-17-19-20-21-22-23-24-26-28-30-32-34-36-43(46)54-41(39-52-55(49,50)53-40-42(45)44(47)48)38-51-37-35-33-31-29-27-25-18-16-14-12-10-8-6-4-2/h17,19,41-42H,3-16,18,20-40,45H2,1-2H3,(H,47,48)(H,49,50)/b19-17-. The fourth-order valence-electron chi connectivity index (χ4n) is 6.48. The third kappa shape index (κ3) is 40.7. The molecule has 0 aliphatic heterocycles. The van der Waals surface area contributed by atoms with Crippen molar-refractivity contribution in [3.05, 3.63) is 12.2 Å². The van der Waals surface area contributed by atoms with Crippen LogP contribution >= 0.6 is 7.82 Å². The molecule has 3 unspecified atom stereocenters. The van der Waals surface area contributed by atoms with Crippen molar-refractivity contribution >= 4 is 19.8 Å². The topological polar surface area (TPSA) is 155 Å². The number of phosphoric ester groups is 1. The van der Waals surface area contributed by atoms with Gasteiger partial charge in [0.05, 0.1) is 19.8 Å². The number of unbranched alkanes of at least 4 members (excludes halogenated alkanes) is 28. The molecule has 0 fully saturated rings. The summed E-state index contributed by atoms with van der Waals surface area (Å²) in [5.74, 6) is -1.77. The van der Waals surface area contributed by atoms with E-state index in [0.717, 1.165) is 38.5 Å². The number of esters is 1. The lowest BCUT2D eigenvalue weighted by Crippen LogP contribution is -2.34. The van der Waals surface area contributed by atoms with E-state index in [0.29, 0.717) is 13.0 Å². The highest BCUT2D eigenvalue weighted by atomic mass is 31.2. The van der Waals surface area contributed by atoms with Crippen LogP contribution in [0, 0.1) is 0 Å². The first-order valence-electron chi connectivity index (χ1n) is 22.7. The van der Waals surface area contributed by atoms with Crippen LogP contribution in [0.25, 0.3) is 0 Å². The van der Waals surface area contributed by atoms with Crippen molar-refractivity contribution in [3.8, 4) is 0 Å². The SMILES string of the molecule is CCCCCCCC/C=C\CCCCCCCCCCCC(=O)OC(COCCCCCCCCCCCCCCCC)COP(=O)(O)OCC(N)C(=O)O. The van der Waals surface area contributed by atoms with Crippen molar-refractivity contribution in [1.82, 2.24) is 0 Å². The van der Waals surface area contributed by atoms with Crippen LogP contribution in [0.3, 0.4) is 0 Å². The number of rotatable bonds is 44. The van der Waals surface area contributed by atoms with Gasteiger partial charge in [0.25, 0.3) is 0 Å². The Balaban J connectivity index is 4.17. The molecular formula is C44H86NO9P. The van der Waals surface area contributed by atoms with Gasteiger partial charge < -0.3 is 25.2 Å². The Bertz CT molecular complexity index is 935. The molecule has 0 saturated heterocycles. The normalized spacial score (nSPS) is 14.0. The number of aliphatic carboxylic acids is 1. The summed E-state index contributed by atoms with van der Waals surface area (Å²) in [6.45, 7) is 3.91. The van der Waals surface area contributed by atoms with Crippen LogP contribution < -0.4 is 5.73 Å². The molecule has 0 aromatic carbocycles. The van der Waals surface area contributed by atoms with E-state index in [1.807, 2.05) is 0 Å². The highest BCUT2D eigenvalue weighted by Gasteiger charge is 2.27. The molecule has 0 aliphatic carbocycles. The predicted molar refractivity (Wildman–Crippen MR) is 226 cm³/mol. The molecule has 326 valence electrons. The lowest BCUT2D eigenvalue weighted by molar-refractivity contribution is -0.154. The fraction of sp³-hybridized carbons (Fsp3) is 0.909. The van der Waals surface area contributed by atoms with Crippen LogP contribution in [0.2, 0.25) is 0 Å². The lowest BCUT2D eigenvalue weighted by Gasteiger charge is -2.20. The van der Waals surface area contributed by atoms with Gasteiger partial charge in [-0.2, -0.15) is 0 Å². The number of carbonyl (C=O) groups is 2. The van der Waals surface area contributed by atoms with E-state index in [1.165, 1.54) is 154 Å². The van der Waals surface area contributed by atoms with Gasteiger partial charge >= 0.3 is 19.8 Å². The first-order chi connectivity index (χ1) is 26.7. The monoisotopic (exact) mass is 804 g/mol. The molecule has 55 heavy (non-hydrogen) atoms. The van der Waals surface area contributed by atoms with Crippen LogP contribution in [-0.4, -0.2) is 60.5 Å². The summed E-state index contributed by atoms with van der Waals surface area (Å²) in [6.07, 6.45) is 42.6. The number of ether oxygens (including phenoxy) is 2. The minimum Gasteiger partial charge on any atom is -0.480 e. The fourth-order valence-corrected chi connectivity index (χ4v) is 7.26. The number of hydrogen-bond donors (Lipinski definition) is 3. The summed E-state index contributed by atoms with van der Waals surface area (Å²) in [4.78, 5) is 33.5. The van der Waals surface area contributed by atoms with Gasteiger partial charge in [0, 0.05) is 13.0 Å². The van der Waals surface area contributed by atoms with Crippen LogP contribution in [0.5, 0.6) is 0 Å². The van der Waals surface area contributed by atoms with Crippen LogP contribution in [0.15, 0.2) is 12.2 Å². The van der Waals surface area contributed by atoms with Crippen LogP contribution in [0.1, 0.15) is 219 Å². The number of phosphoric acid groups is 1. The highest BCUT2D eigenvalue weighted by Crippen LogP contribution is 2.43. The number of nitrogens with two attached hydrogens (primary N) is 1. The molecule has 0 rings (SSSR count). The molecule has 0 aliphatic rings. The largest absolute Gasteiger partial charge is 0.480 e. The number of carbonyl (C=O) groups excluding carboxylic acids is 1. The summed E-state index contributed by atoms with van der Waals surface area (Å²) >= 11 is 0. The third-order valence-electron chi connectivity index (χ3n) is 10.0. The van der Waals surface area contributed by atoms with E-state index in [4.69, 9.17) is 29.4 Å². The molecule has 0 spiro atoms. The molecular weight excluding hydrogens is 717 g/mol. The molecule has 0 saturated carbocycles. The van der Waals surface area contributed by atoms with E-state index < -0.39 is 45.1 Å². The molecule has 0 aromatic heterocycles. The van der Waals surface area contributed by atoms with Gasteiger partial charge in [-0.25, -0.2) is 4.57 Å². The third-order valence-corrected chi connectivity index (χ3v) is 11.0. The van der Waals surface area contributed by atoms with Crippen molar-refractivity contribution in [2.75, 3.05) is 26.4 Å². The number of carboxylic acids is 1. The maximum absolute atomic E-state index is 12.6. The summed E-state index contributed by atoms with van der Waals surface area (Å²) in [6, 6.07) is -1.47. The Hall–Kier alpha value is -1.29. The van der Waals surface area contributed by atoms with Gasteiger partial charge in [0.2, 0.25) is 0 Å². The zero-order chi connectivity index (χ0) is 40.5. The molecule has 0 heterocycles. The molecule has 11 heteroatoms. The smallest absolute Gasteiger partial charge is 0.472 e. The maximum Gasteiger partial charge on any atom is 0.472 e. The van der Waals surface area contributed by atoms with Gasteiger partial charge in [-0.3, -0.25) is 18.6 Å². The van der Waals surface area contributed by atoms with E-state index >= 15 is 0 Å². The van der Waals surface area contributed by atoms with E-state index in [9.17, 15) is 19.0 Å². The van der Waals surface area contributed by atoms with E-state index in [-0.39, 0.29) is 13.0 Å². The van der Waals surface area contributed by atoms with Crippen molar-refractivity contribution < 1.29 is 42.7 Å². The quantitative estimate of drug-likeness (QED) is 0.0235. The lowest BCUT2D eigenvalue weighted by atomic mass is 10.0. The summed E-state index contributed by atoms with van der Waals surface area (Å²) in [5.41, 5.74) is 5.36. The number of hydrogen-bond acceptors (Lipinski definition) is 8. The van der Waals surface area contributed by atoms with Crippen molar-refractivity contribution in [1.29, 1.82) is 0 Å². The summed E-state index contributed by atoms with van der Waals surface area (Å²) in [5, 5.41) is 8.90. The molecule has 0 radical (unpaired) electrons. The minimum atomic E-state index is -4.61. The number of carboxylic acid groups (broad SMARTS) is 1. The Morgan fingerprint density at radius 2 is 0.945 bits per heavy atom. The van der Waals surface area contributed by atoms with Crippen molar-refractivity contribution in [2.24, 2.45) is 5.73 Å². The molecule has 0 aromatic rings. The average Bonchev–Trinajstić information content (AvgIpc) is 3.16. The zero-order valence-electron chi connectivity index (χ0n) is 35.5. The zero-order valence-corrected chi connectivity index (χ0v) is 36.4. The Labute approximate surface area is 337 Å². The van der Waals surface area contributed by atoms with Gasteiger partial charge in [0.1, 0.15) is 12.1 Å². The first kappa shape index (κ1) is 53.7. The van der Waals surface area contributed by atoms with Gasteiger partial charge in [-0.05, 0) is 38.5 Å². The molecule has 0 amide bonds.